The molecule has 6 rings (SSSR count). The van der Waals surface area contributed by atoms with Crippen LogP contribution in [0.1, 0.15) is 19.3 Å². The summed E-state index contributed by atoms with van der Waals surface area (Å²) in [5.74, 6) is -3.64. The SMILES string of the molecule is NCCCCCO[C@@H]1OC(CO)[C@@H](O[C@@H]2OC(C(=O)O)[C@@H](O[C@H]3OC(CO)[C@H](O[C@H]4OC(CO)[C@@H](O[C@@H]5OC(CO)[C@@H](O[C@@H]6OC(C(=O)O)[C@@H](O)[C@H](O)C6O)[C@H](O)C5O)[C@H](O)C4O)[C@H](O)C3O)[C@H](O)C2O)[C@H](O)C1O. The Labute approximate surface area is 423 Å². The van der Waals surface area contributed by atoms with Crippen molar-refractivity contribution in [1.29, 1.82) is 0 Å². The van der Waals surface area contributed by atoms with Gasteiger partial charge in [-0.05, 0) is 25.8 Å². The van der Waals surface area contributed by atoms with E-state index in [-0.39, 0.29) is 6.61 Å². The molecule has 0 aromatic heterocycles. The predicted octanol–water partition coefficient (Wildman–Crippen LogP) is -12.8. The summed E-state index contributed by atoms with van der Waals surface area (Å²) in [6.45, 7) is -3.56. The topological polar surface area (TPSA) is 555 Å². The minimum atomic E-state index is -2.31. The van der Waals surface area contributed by atoms with Gasteiger partial charge < -0.3 is 160 Å². The van der Waals surface area contributed by atoms with Gasteiger partial charge in [0.1, 0.15) is 134 Å². The lowest BCUT2D eigenvalue weighted by atomic mass is 9.95. The number of aliphatic hydroxyl groups excluding tert-OH is 17. The zero-order valence-electron chi connectivity index (χ0n) is 39.5. The van der Waals surface area contributed by atoms with E-state index >= 15 is 0 Å². The molecule has 0 aromatic rings. The molecule has 0 saturated carbocycles. The van der Waals surface area contributed by atoms with E-state index in [4.69, 9.17) is 62.6 Å². The van der Waals surface area contributed by atoms with E-state index in [1.54, 1.807) is 0 Å². The second-order valence-corrected chi connectivity index (χ2v) is 18.5. The van der Waals surface area contributed by atoms with E-state index in [9.17, 15) is 107 Å². The summed E-state index contributed by atoms with van der Waals surface area (Å²) in [6, 6.07) is 0. The molecule has 6 saturated heterocycles. The number of rotatable bonds is 22. The quantitative estimate of drug-likeness (QED) is 0.0448. The van der Waals surface area contributed by atoms with E-state index in [1.165, 1.54) is 0 Å². The van der Waals surface area contributed by atoms with Crippen molar-refractivity contribution < 1.29 is 163 Å². The number of ether oxygens (including phenoxy) is 12. The summed E-state index contributed by atoms with van der Waals surface area (Å²) < 4.78 is 66.0. The molecular weight excluding hydrogens is 1030 g/mol. The molecule has 30 atom stereocenters. The van der Waals surface area contributed by atoms with Crippen LogP contribution in [-0.2, 0) is 66.4 Å². The number of hydrogen-bond donors (Lipinski definition) is 20. The van der Waals surface area contributed by atoms with Crippen molar-refractivity contribution in [2.75, 3.05) is 39.6 Å². The van der Waals surface area contributed by atoms with Crippen LogP contribution in [0.2, 0.25) is 0 Å². The van der Waals surface area contributed by atoms with Crippen molar-refractivity contribution in [2.24, 2.45) is 5.73 Å². The number of aliphatic carboxylic acids is 2. The highest BCUT2D eigenvalue weighted by atomic mass is 16.8. The smallest absolute Gasteiger partial charge is 0.335 e. The lowest BCUT2D eigenvalue weighted by Crippen LogP contribution is -2.68. The summed E-state index contributed by atoms with van der Waals surface area (Å²) in [5.41, 5.74) is 5.48. The van der Waals surface area contributed by atoms with Crippen molar-refractivity contribution in [2.45, 2.75) is 203 Å². The molecule has 0 amide bonds. The van der Waals surface area contributed by atoms with Crippen LogP contribution < -0.4 is 5.73 Å². The van der Waals surface area contributed by atoms with Crippen LogP contribution in [0, 0.1) is 0 Å². The van der Waals surface area contributed by atoms with Crippen molar-refractivity contribution in [3.05, 3.63) is 0 Å². The van der Waals surface area contributed by atoms with Crippen LogP contribution in [0.4, 0.5) is 0 Å². The molecule has 0 bridgehead atoms. The number of carbonyl (C=O) groups is 2. The highest BCUT2D eigenvalue weighted by molar-refractivity contribution is 5.74. The highest BCUT2D eigenvalue weighted by Gasteiger charge is 2.58. The predicted molar refractivity (Wildman–Crippen MR) is 227 cm³/mol. The van der Waals surface area contributed by atoms with Gasteiger partial charge in [0.05, 0.1) is 26.4 Å². The summed E-state index contributed by atoms with van der Waals surface area (Å²) in [7, 11) is 0. The first-order valence-electron chi connectivity index (χ1n) is 23.8. The van der Waals surface area contributed by atoms with Crippen LogP contribution >= 0.6 is 0 Å². The third-order valence-corrected chi connectivity index (χ3v) is 13.5. The van der Waals surface area contributed by atoms with Crippen LogP contribution in [0.15, 0.2) is 0 Å². The Kier molecular flexibility index (Phi) is 22.5. The lowest BCUT2D eigenvalue weighted by molar-refractivity contribution is -0.394. The van der Waals surface area contributed by atoms with Crippen molar-refractivity contribution in [3.63, 3.8) is 0 Å². The van der Waals surface area contributed by atoms with Crippen molar-refractivity contribution >= 4 is 11.9 Å². The molecule has 6 aliphatic rings. The van der Waals surface area contributed by atoms with E-state index < -0.39 is 223 Å². The zero-order chi connectivity index (χ0) is 55.3. The van der Waals surface area contributed by atoms with Gasteiger partial charge >= 0.3 is 11.9 Å². The third kappa shape index (κ3) is 13.5. The molecule has 12 unspecified atom stereocenters. The van der Waals surface area contributed by atoms with Crippen molar-refractivity contribution in [1.82, 2.24) is 0 Å². The summed E-state index contributed by atoms with van der Waals surface area (Å²) >= 11 is 0. The highest BCUT2D eigenvalue weighted by Crippen LogP contribution is 2.37. The lowest BCUT2D eigenvalue weighted by Gasteiger charge is -2.49. The van der Waals surface area contributed by atoms with Gasteiger partial charge in [-0.25, -0.2) is 9.59 Å². The number of carboxylic acids is 2. The third-order valence-electron chi connectivity index (χ3n) is 13.5. The minimum absolute atomic E-state index is 0.0777. The van der Waals surface area contributed by atoms with Gasteiger partial charge in [-0.1, -0.05) is 0 Å². The Bertz CT molecular complexity index is 1770. The Hall–Kier alpha value is -2.26. The number of hydrogen-bond acceptors (Lipinski definition) is 32. The number of nitrogens with two attached hydrogens (primary N) is 1. The number of aliphatic hydroxyl groups is 17. The van der Waals surface area contributed by atoms with Crippen LogP contribution in [0.25, 0.3) is 0 Å². The first kappa shape index (κ1) is 61.9. The molecule has 0 radical (unpaired) electrons. The Balaban J connectivity index is 1.06. The zero-order valence-corrected chi connectivity index (χ0v) is 39.5. The molecule has 75 heavy (non-hydrogen) atoms. The maximum atomic E-state index is 12.5. The van der Waals surface area contributed by atoms with E-state index in [2.05, 4.69) is 0 Å². The standard InChI is InChI=1S/C41H69NO33/c42-4-2-1-3-5-64-36-22(55)16(49)27(10(6-43)65-36)72-41-26(59)20(53)31(33(75-41)35(62)63)73-39-25(58)19(52)29(12(8-45)68-39)70-37-23(56)17(50)28(11(7-44)66-37)69-38-24(57)18(51)30(13(9-46)67-38)71-40-21(54)14(47)15(48)32(74-40)34(60)61/h10-33,36-41,43-59H,1-9,42H2,(H,60,61)(H,62,63)/t10?,11?,12?,13?,14-,15-,16+,17+,18+,19+,20+,21?,22?,23?,24?,25?,26?,27+,28+,29-,30+,31-,32?,33?,36+,37+,38-,39+,40+,41+/m0/s1. The molecule has 6 heterocycles. The molecule has 0 spiro atoms. The van der Waals surface area contributed by atoms with E-state index in [0.717, 1.165) is 0 Å². The van der Waals surface area contributed by atoms with Crippen LogP contribution in [0.3, 0.4) is 0 Å². The average molecular weight is 1100 g/mol. The fourth-order valence-corrected chi connectivity index (χ4v) is 9.22. The summed E-state index contributed by atoms with van der Waals surface area (Å²) in [4.78, 5) is 24.1. The van der Waals surface area contributed by atoms with E-state index in [0.29, 0.717) is 25.8 Å². The first-order chi connectivity index (χ1) is 35.5. The molecule has 34 heteroatoms. The van der Waals surface area contributed by atoms with Gasteiger partial charge in [-0.2, -0.15) is 0 Å². The van der Waals surface area contributed by atoms with Crippen LogP contribution in [0.5, 0.6) is 0 Å². The average Bonchev–Trinajstić information content (AvgIpc) is 3.38. The van der Waals surface area contributed by atoms with Gasteiger partial charge in [0.25, 0.3) is 0 Å². The Morgan fingerprint density at radius 2 is 0.640 bits per heavy atom. The molecular formula is C41H69NO33. The second kappa shape index (κ2) is 27.3. The monoisotopic (exact) mass is 1100 g/mol. The van der Waals surface area contributed by atoms with Gasteiger partial charge in [-0.3, -0.25) is 0 Å². The van der Waals surface area contributed by atoms with E-state index in [1.807, 2.05) is 0 Å². The maximum Gasteiger partial charge on any atom is 0.335 e. The molecule has 0 aliphatic carbocycles. The largest absolute Gasteiger partial charge is 0.479 e. The first-order valence-corrected chi connectivity index (χ1v) is 23.8. The molecule has 0 aromatic carbocycles. The second-order valence-electron chi connectivity index (χ2n) is 18.5. The summed E-state index contributed by atoms with van der Waals surface area (Å²) in [6.07, 6.45) is -58.9. The normalized spacial score (nSPS) is 48.8. The molecule has 436 valence electrons. The van der Waals surface area contributed by atoms with Crippen molar-refractivity contribution in [3.8, 4) is 0 Å². The summed E-state index contributed by atoms with van der Waals surface area (Å²) in [5, 5.41) is 201. The molecule has 6 aliphatic heterocycles. The Morgan fingerprint density at radius 3 is 0.987 bits per heavy atom. The van der Waals surface area contributed by atoms with Crippen LogP contribution in [-0.4, -0.2) is 333 Å². The molecule has 21 N–H and O–H groups in total. The fourth-order valence-electron chi connectivity index (χ4n) is 9.22. The van der Waals surface area contributed by atoms with Gasteiger partial charge in [-0.15, -0.1) is 0 Å². The maximum absolute atomic E-state index is 12.5. The van der Waals surface area contributed by atoms with Gasteiger partial charge in [0.2, 0.25) is 0 Å². The number of carboxylic acid groups (broad SMARTS) is 2. The molecule has 34 nitrogen and oxygen atoms in total. The number of unbranched alkanes of at least 4 members (excludes halogenated alkanes) is 2. The molecule has 6 fully saturated rings. The minimum Gasteiger partial charge on any atom is -0.479 e. The van der Waals surface area contributed by atoms with Gasteiger partial charge in [0.15, 0.2) is 49.9 Å². The Morgan fingerprint density at radius 1 is 0.347 bits per heavy atom. The van der Waals surface area contributed by atoms with Gasteiger partial charge in [0, 0.05) is 6.61 Å². The fraction of sp³-hybridized carbons (Fsp3) is 0.951.